The highest BCUT2D eigenvalue weighted by Gasteiger charge is 2.37. The Balaban J connectivity index is 1.40. The van der Waals surface area contributed by atoms with E-state index >= 15 is 0 Å². The number of methoxy groups -OCH3 is 2. The number of ether oxygens (including phenoxy) is 4. The van der Waals surface area contributed by atoms with E-state index in [4.69, 9.17) is 18.9 Å². The first kappa shape index (κ1) is 26.4. The van der Waals surface area contributed by atoms with Gasteiger partial charge in [0.05, 0.1) is 14.2 Å². The van der Waals surface area contributed by atoms with Gasteiger partial charge in [-0.25, -0.2) is 0 Å². The van der Waals surface area contributed by atoms with E-state index in [0.717, 1.165) is 84.0 Å². The molecule has 0 spiro atoms. The number of hydrogen-bond acceptors (Lipinski definition) is 7. The summed E-state index contributed by atoms with van der Waals surface area (Å²) in [5.41, 5.74) is 8.90. The molecular weight excluding hydrogens is 540 g/mol. The van der Waals surface area contributed by atoms with Crippen molar-refractivity contribution in [2.75, 3.05) is 41.4 Å². The molecule has 4 aliphatic rings. The summed E-state index contributed by atoms with van der Waals surface area (Å²) in [6.07, 6.45) is 3.39. The van der Waals surface area contributed by atoms with Crippen LogP contribution in [0.3, 0.4) is 0 Å². The second-order valence-corrected chi connectivity index (χ2v) is 12.3. The number of phenolic OH excluding ortho intramolecular Hbond substituents is 1. The van der Waals surface area contributed by atoms with E-state index < -0.39 is 0 Å². The average molecular weight is 577 g/mol. The molecule has 0 radical (unpaired) electrons. The van der Waals surface area contributed by atoms with E-state index in [1.165, 1.54) is 22.3 Å². The van der Waals surface area contributed by atoms with E-state index in [1.807, 2.05) is 18.2 Å². The number of benzene rings is 4. The topological polar surface area (TPSA) is 63.6 Å². The molecule has 0 amide bonds. The van der Waals surface area contributed by atoms with Crippen LogP contribution < -0.4 is 18.9 Å². The molecule has 4 aromatic rings. The third-order valence-electron chi connectivity index (χ3n) is 9.87. The van der Waals surface area contributed by atoms with Crippen molar-refractivity contribution in [1.29, 1.82) is 0 Å². The molecule has 0 fully saturated rings. The highest BCUT2D eigenvalue weighted by Crippen LogP contribution is 2.56. The van der Waals surface area contributed by atoms with Crippen LogP contribution in [0.1, 0.15) is 45.5 Å². The first-order chi connectivity index (χ1) is 20.9. The first-order valence-corrected chi connectivity index (χ1v) is 15.1. The number of hydrogen-bond donors (Lipinski definition) is 1. The summed E-state index contributed by atoms with van der Waals surface area (Å²) in [7, 11) is 7.75. The second-order valence-electron chi connectivity index (χ2n) is 12.3. The monoisotopic (exact) mass is 576 g/mol. The van der Waals surface area contributed by atoms with E-state index in [1.54, 1.807) is 14.2 Å². The fourth-order valence-corrected chi connectivity index (χ4v) is 7.48. The molecule has 4 aliphatic heterocycles. The molecule has 4 aromatic carbocycles. The third-order valence-corrected chi connectivity index (χ3v) is 9.87. The maximum atomic E-state index is 11.1. The van der Waals surface area contributed by atoms with Crippen molar-refractivity contribution in [3.8, 4) is 51.4 Å². The van der Waals surface area contributed by atoms with Crippen molar-refractivity contribution in [3.63, 3.8) is 0 Å². The number of phenols is 1. The molecule has 43 heavy (non-hydrogen) atoms. The molecule has 8 rings (SSSR count). The standard InChI is InChI=1S/C36H36N2O5/c1-37-11-9-22-17-31-32-19-24(22)27(37)15-21-6-8-30(40-3)26(14-21)25-13-20(5-7-29(25)39)16-28-34-23(10-12-38(28)2)18-33(41-4)35(42-31)36(34)43-32/h5-8,13-14,17-19,27-28,39H,9-12,15-16H2,1-4H3/t27-,28+/m0/s1. The number of likely N-dealkylation sites (N-methyl/N-ethyl adjacent to an activating group) is 2. The lowest BCUT2D eigenvalue weighted by Crippen LogP contribution is -2.34. The van der Waals surface area contributed by atoms with Crippen LogP contribution in [0.25, 0.3) is 11.1 Å². The van der Waals surface area contributed by atoms with Gasteiger partial charge in [-0.3, -0.25) is 9.80 Å². The van der Waals surface area contributed by atoms with Crippen LogP contribution in [0.5, 0.6) is 40.2 Å². The lowest BCUT2D eigenvalue weighted by atomic mass is 9.85. The highest BCUT2D eigenvalue weighted by atomic mass is 16.6. The van der Waals surface area contributed by atoms with Crippen molar-refractivity contribution in [1.82, 2.24) is 9.80 Å². The van der Waals surface area contributed by atoms with E-state index in [-0.39, 0.29) is 17.8 Å². The molecule has 0 unspecified atom stereocenters. The number of aromatic hydroxyl groups is 1. The minimum absolute atomic E-state index is 0.0450. The maximum Gasteiger partial charge on any atom is 0.212 e. The van der Waals surface area contributed by atoms with Crippen LogP contribution in [-0.2, 0) is 25.7 Å². The molecule has 0 saturated heterocycles. The Kier molecular flexibility index (Phi) is 6.10. The Hall–Kier alpha value is -4.20. The van der Waals surface area contributed by atoms with Crippen molar-refractivity contribution < 1.29 is 24.1 Å². The third kappa shape index (κ3) is 4.17. The van der Waals surface area contributed by atoms with Crippen LogP contribution in [0.15, 0.2) is 54.6 Å². The Labute approximate surface area is 252 Å². The molecule has 7 bridgehead atoms. The van der Waals surface area contributed by atoms with Gasteiger partial charge in [0.15, 0.2) is 23.0 Å². The van der Waals surface area contributed by atoms with Gasteiger partial charge < -0.3 is 24.1 Å². The summed E-state index contributed by atoms with van der Waals surface area (Å²) in [5, 5.41) is 11.1. The van der Waals surface area contributed by atoms with Crippen LogP contribution in [0, 0.1) is 0 Å². The molecule has 220 valence electrons. The minimum atomic E-state index is 0.0450. The minimum Gasteiger partial charge on any atom is -0.507 e. The molecule has 0 saturated carbocycles. The zero-order valence-corrected chi connectivity index (χ0v) is 25.1. The van der Waals surface area contributed by atoms with Gasteiger partial charge in [-0.15, -0.1) is 0 Å². The van der Waals surface area contributed by atoms with Crippen LogP contribution >= 0.6 is 0 Å². The van der Waals surface area contributed by atoms with Crippen molar-refractivity contribution in [3.05, 3.63) is 88.0 Å². The van der Waals surface area contributed by atoms with Crippen LogP contribution in [-0.4, -0.2) is 56.3 Å². The smallest absolute Gasteiger partial charge is 0.212 e. The average Bonchev–Trinajstić information content (AvgIpc) is 3.02. The predicted molar refractivity (Wildman–Crippen MR) is 165 cm³/mol. The SMILES string of the molecule is COc1ccc2cc1-c1cc(ccc1O)C[C@@H]1c3c(cc(OC)c4c3Oc3cc5c(cc3O4)CCN(C)[C@H]5C2)CCN1C. The maximum absolute atomic E-state index is 11.1. The molecule has 0 aliphatic carbocycles. The van der Waals surface area contributed by atoms with Gasteiger partial charge in [0, 0.05) is 41.9 Å². The predicted octanol–water partition coefficient (Wildman–Crippen LogP) is 6.83. The molecule has 2 atom stereocenters. The Morgan fingerprint density at radius 2 is 1.35 bits per heavy atom. The van der Waals surface area contributed by atoms with Crippen molar-refractivity contribution >= 4 is 0 Å². The fourth-order valence-electron chi connectivity index (χ4n) is 7.48. The highest BCUT2D eigenvalue weighted by molar-refractivity contribution is 5.77. The summed E-state index contributed by atoms with van der Waals surface area (Å²) >= 11 is 0. The quantitative estimate of drug-likeness (QED) is 0.247. The van der Waals surface area contributed by atoms with Crippen LogP contribution in [0.4, 0.5) is 0 Å². The molecule has 4 heterocycles. The molecular formula is C36H36N2O5. The lowest BCUT2D eigenvalue weighted by Gasteiger charge is -2.39. The first-order valence-electron chi connectivity index (χ1n) is 15.1. The largest absolute Gasteiger partial charge is 0.507 e. The summed E-state index contributed by atoms with van der Waals surface area (Å²) in [6.45, 7) is 1.87. The Bertz CT molecular complexity index is 1780. The van der Waals surface area contributed by atoms with Gasteiger partial charge >= 0.3 is 0 Å². The van der Waals surface area contributed by atoms with Crippen LogP contribution in [0.2, 0.25) is 0 Å². The number of fused-ring (bicyclic) bond motifs is 5. The lowest BCUT2D eigenvalue weighted by molar-refractivity contribution is 0.218. The normalized spacial score (nSPS) is 20.3. The molecule has 7 heteroatoms. The van der Waals surface area contributed by atoms with Gasteiger partial charge in [-0.05, 0) is 110 Å². The second kappa shape index (κ2) is 9.93. The molecule has 1 N–H and O–H groups in total. The van der Waals surface area contributed by atoms with Gasteiger partial charge in [0.2, 0.25) is 5.75 Å². The molecule has 7 nitrogen and oxygen atoms in total. The van der Waals surface area contributed by atoms with Gasteiger partial charge in [-0.2, -0.15) is 0 Å². The van der Waals surface area contributed by atoms with E-state index in [2.05, 4.69) is 60.3 Å². The van der Waals surface area contributed by atoms with Gasteiger partial charge in [-0.1, -0.05) is 12.1 Å². The van der Waals surface area contributed by atoms with Crippen molar-refractivity contribution in [2.45, 2.75) is 37.8 Å². The summed E-state index contributed by atoms with van der Waals surface area (Å²) in [4.78, 5) is 4.82. The van der Waals surface area contributed by atoms with E-state index in [0.29, 0.717) is 11.5 Å². The Morgan fingerprint density at radius 3 is 2.14 bits per heavy atom. The summed E-state index contributed by atoms with van der Waals surface area (Å²) in [5.74, 6) is 4.58. The summed E-state index contributed by atoms with van der Waals surface area (Å²) < 4.78 is 25.2. The van der Waals surface area contributed by atoms with Gasteiger partial charge in [0.25, 0.3) is 0 Å². The number of rotatable bonds is 2. The molecule has 0 aromatic heterocycles. The zero-order valence-electron chi connectivity index (χ0n) is 25.1. The fraction of sp³-hybridized carbons (Fsp3) is 0.333. The number of nitrogens with zero attached hydrogens (tertiary/aromatic N) is 2. The zero-order chi connectivity index (χ0) is 29.4. The van der Waals surface area contributed by atoms with Gasteiger partial charge in [0.1, 0.15) is 11.5 Å². The van der Waals surface area contributed by atoms with Crippen molar-refractivity contribution in [2.24, 2.45) is 0 Å². The summed E-state index contributed by atoms with van der Waals surface area (Å²) in [6, 6.07) is 19.0. The Morgan fingerprint density at radius 1 is 0.698 bits per heavy atom. The van der Waals surface area contributed by atoms with E-state index in [9.17, 15) is 5.11 Å².